The van der Waals surface area contributed by atoms with E-state index in [1.807, 2.05) is 0 Å². The zero-order valence-electron chi connectivity index (χ0n) is 11.0. The van der Waals surface area contributed by atoms with Crippen LogP contribution < -0.4 is 10.6 Å². The van der Waals surface area contributed by atoms with Crippen molar-refractivity contribution in [1.29, 1.82) is 0 Å². The van der Waals surface area contributed by atoms with E-state index in [9.17, 15) is 9.18 Å². The predicted molar refractivity (Wildman–Crippen MR) is 71.6 cm³/mol. The van der Waals surface area contributed by atoms with Crippen LogP contribution in [-0.2, 0) is 9.53 Å². The molecule has 0 atom stereocenters. The Balaban J connectivity index is 1.78. The summed E-state index contributed by atoms with van der Waals surface area (Å²) in [4.78, 5) is 11.7. The summed E-state index contributed by atoms with van der Waals surface area (Å²) in [7, 11) is 0. The predicted octanol–water partition coefficient (Wildman–Crippen LogP) is 1.84. The fourth-order valence-corrected chi connectivity index (χ4v) is 2.02. The first-order valence-corrected chi connectivity index (χ1v) is 6.53. The summed E-state index contributed by atoms with van der Waals surface area (Å²) in [6, 6.07) is 4.64. The van der Waals surface area contributed by atoms with E-state index < -0.39 is 0 Å². The zero-order valence-corrected chi connectivity index (χ0v) is 11.0. The number of carbonyl (C=O) groups is 1. The molecule has 0 aromatic heterocycles. The Bertz CT molecular complexity index is 445. The van der Waals surface area contributed by atoms with Gasteiger partial charge in [0.25, 0.3) is 0 Å². The number of piperidine rings is 1. The van der Waals surface area contributed by atoms with Crippen molar-refractivity contribution in [1.82, 2.24) is 5.32 Å². The Labute approximate surface area is 112 Å². The van der Waals surface area contributed by atoms with Crippen LogP contribution in [-0.4, -0.2) is 31.7 Å². The lowest BCUT2D eigenvalue weighted by molar-refractivity contribution is -0.123. The molecule has 1 aromatic carbocycles. The van der Waals surface area contributed by atoms with Gasteiger partial charge in [-0.15, -0.1) is 0 Å². The average Bonchev–Trinajstić information content (AvgIpc) is 2.42. The fraction of sp³-hybridized carbons (Fsp3) is 0.500. The van der Waals surface area contributed by atoms with Gasteiger partial charge in [0.1, 0.15) is 12.4 Å². The van der Waals surface area contributed by atoms with Crippen LogP contribution in [0.25, 0.3) is 0 Å². The van der Waals surface area contributed by atoms with E-state index >= 15 is 0 Å². The third kappa shape index (κ3) is 4.29. The monoisotopic (exact) mass is 266 g/mol. The quantitative estimate of drug-likeness (QED) is 0.874. The Morgan fingerprint density at radius 1 is 1.47 bits per heavy atom. The van der Waals surface area contributed by atoms with Crippen molar-refractivity contribution in [2.75, 3.05) is 25.0 Å². The second-order valence-electron chi connectivity index (χ2n) is 4.77. The van der Waals surface area contributed by atoms with Crippen molar-refractivity contribution in [3.05, 3.63) is 29.6 Å². The maximum atomic E-state index is 13.3. The van der Waals surface area contributed by atoms with Crippen LogP contribution in [0.3, 0.4) is 0 Å². The van der Waals surface area contributed by atoms with E-state index in [0.717, 1.165) is 25.9 Å². The Morgan fingerprint density at radius 2 is 2.21 bits per heavy atom. The summed E-state index contributed by atoms with van der Waals surface area (Å²) in [6.07, 6.45) is 1.99. The van der Waals surface area contributed by atoms with Crippen molar-refractivity contribution in [3.8, 4) is 0 Å². The molecule has 0 bridgehead atoms. The van der Waals surface area contributed by atoms with Gasteiger partial charge < -0.3 is 15.4 Å². The molecule has 4 nitrogen and oxygen atoms in total. The van der Waals surface area contributed by atoms with Crippen LogP contribution in [0.5, 0.6) is 0 Å². The van der Waals surface area contributed by atoms with Gasteiger partial charge in [0.15, 0.2) is 0 Å². The minimum absolute atomic E-state index is 0.0140. The van der Waals surface area contributed by atoms with E-state index in [1.165, 1.54) is 6.07 Å². The maximum Gasteiger partial charge on any atom is 0.250 e. The van der Waals surface area contributed by atoms with Crippen LogP contribution >= 0.6 is 0 Å². The standard InChI is InChI=1S/C14H19FN2O2/c1-10-2-3-11(8-13(10)15)17-14(18)9-19-12-4-6-16-7-5-12/h2-3,8,12,16H,4-7,9H2,1H3,(H,17,18). The number of amides is 1. The number of hydrogen-bond donors (Lipinski definition) is 2. The van der Waals surface area contributed by atoms with Crippen LogP contribution in [0.15, 0.2) is 18.2 Å². The normalized spacial score (nSPS) is 16.3. The lowest BCUT2D eigenvalue weighted by Gasteiger charge is -2.22. The zero-order chi connectivity index (χ0) is 13.7. The van der Waals surface area contributed by atoms with Gasteiger partial charge in [-0.3, -0.25) is 4.79 Å². The smallest absolute Gasteiger partial charge is 0.250 e. The summed E-state index contributed by atoms with van der Waals surface area (Å²) in [5.74, 6) is -0.571. The molecule has 1 saturated heterocycles. The second-order valence-corrected chi connectivity index (χ2v) is 4.77. The minimum atomic E-state index is -0.322. The van der Waals surface area contributed by atoms with Crippen molar-refractivity contribution in [3.63, 3.8) is 0 Å². The van der Waals surface area contributed by atoms with Crippen LogP contribution in [0.1, 0.15) is 18.4 Å². The van der Waals surface area contributed by atoms with Gasteiger partial charge in [-0.2, -0.15) is 0 Å². The SMILES string of the molecule is Cc1ccc(NC(=O)COC2CCNCC2)cc1F. The van der Waals surface area contributed by atoms with E-state index in [-0.39, 0.29) is 24.4 Å². The summed E-state index contributed by atoms with van der Waals surface area (Å²) < 4.78 is 18.8. The first kappa shape index (κ1) is 14.0. The van der Waals surface area contributed by atoms with Crippen LogP contribution in [0.2, 0.25) is 0 Å². The molecule has 0 saturated carbocycles. The number of nitrogens with one attached hydrogen (secondary N) is 2. The molecule has 1 heterocycles. The number of benzene rings is 1. The Morgan fingerprint density at radius 3 is 2.89 bits per heavy atom. The van der Waals surface area contributed by atoms with Gasteiger partial charge >= 0.3 is 0 Å². The third-order valence-corrected chi connectivity index (χ3v) is 3.19. The first-order valence-electron chi connectivity index (χ1n) is 6.53. The second kappa shape index (κ2) is 6.63. The maximum absolute atomic E-state index is 13.3. The van der Waals surface area contributed by atoms with E-state index in [1.54, 1.807) is 19.1 Å². The largest absolute Gasteiger partial charge is 0.368 e. The van der Waals surface area contributed by atoms with Crippen molar-refractivity contribution < 1.29 is 13.9 Å². The number of rotatable bonds is 4. The van der Waals surface area contributed by atoms with E-state index in [4.69, 9.17) is 4.74 Å². The molecule has 1 aliphatic heterocycles. The summed E-state index contributed by atoms with van der Waals surface area (Å²) in [5, 5.41) is 5.86. The summed E-state index contributed by atoms with van der Waals surface area (Å²) in [5.41, 5.74) is 1.02. The average molecular weight is 266 g/mol. The molecular formula is C14H19FN2O2. The first-order chi connectivity index (χ1) is 9.15. The van der Waals surface area contributed by atoms with Gasteiger partial charge in [-0.1, -0.05) is 6.07 Å². The highest BCUT2D eigenvalue weighted by molar-refractivity contribution is 5.91. The van der Waals surface area contributed by atoms with Gasteiger partial charge in [0, 0.05) is 5.69 Å². The van der Waals surface area contributed by atoms with Gasteiger partial charge in [-0.05, 0) is 50.6 Å². The molecule has 1 aliphatic rings. The molecule has 2 N–H and O–H groups in total. The number of aryl methyl sites for hydroxylation is 1. The molecule has 19 heavy (non-hydrogen) atoms. The van der Waals surface area contributed by atoms with Gasteiger partial charge in [0.05, 0.1) is 6.10 Å². The molecular weight excluding hydrogens is 247 g/mol. The number of hydrogen-bond acceptors (Lipinski definition) is 3. The van der Waals surface area contributed by atoms with Gasteiger partial charge in [0.2, 0.25) is 5.91 Å². The lowest BCUT2D eigenvalue weighted by atomic mass is 10.1. The highest BCUT2D eigenvalue weighted by Crippen LogP contribution is 2.13. The highest BCUT2D eigenvalue weighted by Gasteiger charge is 2.14. The molecule has 5 heteroatoms. The van der Waals surface area contributed by atoms with Crippen molar-refractivity contribution >= 4 is 11.6 Å². The molecule has 104 valence electrons. The molecule has 0 radical (unpaired) electrons. The molecule has 1 amide bonds. The highest BCUT2D eigenvalue weighted by atomic mass is 19.1. The number of ether oxygens (including phenoxy) is 1. The van der Waals surface area contributed by atoms with E-state index in [0.29, 0.717) is 11.3 Å². The topological polar surface area (TPSA) is 50.4 Å². The van der Waals surface area contributed by atoms with Crippen molar-refractivity contribution in [2.24, 2.45) is 0 Å². The minimum Gasteiger partial charge on any atom is -0.368 e. The molecule has 1 fully saturated rings. The lowest BCUT2D eigenvalue weighted by Crippen LogP contribution is -2.34. The van der Waals surface area contributed by atoms with Crippen LogP contribution in [0.4, 0.5) is 10.1 Å². The summed E-state index contributed by atoms with van der Waals surface area (Å²) in [6.45, 7) is 3.55. The number of halogens is 1. The van der Waals surface area contributed by atoms with Gasteiger partial charge in [-0.25, -0.2) is 4.39 Å². The molecule has 0 spiro atoms. The Kier molecular flexibility index (Phi) is 4.87. The molecule has 0 aliphatic carbocycles. The third-order valence-electron chi connectivity index (χ3n) is 3.19. The Hall–Kier alpha value is -1.46. The van der Waals surface area contributed by atoms with E-state index in [2.05, 4.69) is 10.6 Å². The summed E-state index contributed by atoms with van der Waals surface area (Å²) >= 11 is 0. The molecule has 0 unspecified atom stereocenters. The fourth-order valence-electron chi connectivity index (χ4n) is 2.02. The van der Waals surface area contributed by atoms with Crippen LogP contribution in [0, 0.1) is 12.7 Å². The number of carbonyl (C=O) groups excluding carboxylic acids is 1. The molecule has 2 rings (SSSR count). The molecule has 1 aromatic rings. The van der Waals surface area contributed by atoms with Crippen molar-refractivity contribution in [2.45, 2.75) is 25.9 Å². The number of anilines is 1.